The van der Waals surface area contributed by atoms with Crippen LogP contribution in [0.3, 0.4) is 0 Å². The monoisotopic (exact) mass is 1120 g/mol. The lowest BCUT2D eigenvalue weighted by atomic mass is 9.89. The Hall–Kier alpha value is -7.30. The number of carbonyl (C=O) groups is 5. The molecule has 2 heterocycles. The molecule has 428 valence electrons. The molecule has 22 heteroatoms. The second-order valence-corrected chi connectivity index (χ2v) is 23.4. The van der Waals surface area contributed by atoms with Crippen molar-refractivity contribution in [3.8, 4) is 28.2 Å². The molecule has 6 rings (SSSR count). The third kappa shape index (κ3) is 17.9. The summed E-state index contributed by atoms with van der Waals surface area (Å²) in [6.45, 7) is 17.1. The van der Waals surface area contributed by atoms with Gasteiger partial charge in [-0.1, -0.05) is 23.8 Å². The summed E-state index contributed by atoms with van der Waals surface area (Å²) in [4.78, 5) is 87.8. The maximum Gasteiger partial charge on any atom is 0.410 e. The molecule has 0 saturated carbocycles. The molecule has 2 aliphatic heterocycles. The first kappa shape index (κ1) is 60.9. The number of amides is 4. The van der Waals surface area contributed by atoms with Crippen LogP contribution >= 0.6 is 0 Å². The van der Waals surface area contributed by atoms with Crippen LogP contribution in [0.1, 0.15) is 88.6 Å². The molecule has 79 heavy (non-hydrogen) atoms. The van der Waals surface area contributed by atoms with Crippen molar-refractivity contribution in [2.24, 2.45) is 0 Å². The zero-order valence-electron chi connectivity index (χ0n) is 46.6. The fourth-order valence-corrected chi connectivity index (χ4v) is 9.12. The molecule has 1 N–H and O–H groups in total. The Morgan fingerprint density at radius 3 is 1.73 bits per heavy atom. The van der Waals surface area contributed by atoms with E-state index in [4.69, 9.17) is 32.3 Å². The predicted octanol–water partition coefficient (Wildman–Crippen LogP) is 8.54. The van der Waals surface area contributed by atoms with Gasteiger partial charge >= 0.3 is 24.2 Å². The van der Waals surface area contributed by atoms with E-state index in [0.717, 1.165) is 5.56 Å². The van der Waals surface area contributed by atoms with E-state index in [1.54, 1.807) is 98.7 Å². The summed E-state index contributed by atoms with van der Waals surface area (Å²) in [7, 11) is -4.05. The topological polar surface area (TPSA) is 230 Å². The summed E-state index contributed by atoms with van der Waals surface area (Å²) in [6.07, 6.45) is -1.79. The maximum absolute atomic E-state index is 14.1. The molecule has 1 aliphatic carbocycles. The smallest absolute Gasteiger partial charge is 0.410 e. The highest BCUT2D eigenvalue weighted by Crippen LogP contribution is 2.42. The molecule has 1 saturated heterocycles. The predicted molar refractivity (Wildman–Crippen MR) is 293 cm³/mol. The van der Waals surface area contributed by atoms with Crippen molar-refractivity contribution in [3.63, 3.8) is 0 Å². The van der Waals surface area contributed by atoms with E-state index in [1.165, 1.54) is 57.2 Å². The van der Waals surface area contributed by atoms with Crippen LogP contribution in [0.4, 0.5) is 18.8 Å². The minimum atomic E-state index is -4.05. The number of rotatable bonds is 14. The number of aryl methyl sites for hydroxylation is 1. The molecule has 4 amide bonds. The van der Waals surface area contributed by atoms with Crippen molar-refractivity contribution < 1.29 is 69.1 Å². The Morgan fingerprint density at radius 2 is 1.19 bits per heavy atom. The third-order valence-electron chi connectivity index (χ3n) is 12.0. The van der Waals surface area contributed by atoms with Crippen LogP contribution in [0.25, 0.3) is 33.4 Å². The van der Waals surface area contributed by atoms with Crippen LogP contribution in [-0.4, -0.2) is 167 Å². The highest BCUT2D eigenvalue weighted by atomic mass is 32.2. The number of esters is 1. The van der Waals surface area contributed by atoms with Gasteiger partial charge in [-0.05, 0) is 123 Å². The average Bonchev–Trinajstić information content (AvgIpc) is 3.37. The quantitative estimate of drug-likeness (QED) is 0.0361. The summed E-state index contributed by atoms with van der Waals surface area (Å²) >= 11 is 0. The van der Waals surface area contributed by atoms with Gasteiger partial charge in [0.1, 0.15) is 60.4 Å². The summed E-state index contributed by atoms with van der Waals surface area (Å²) < 4.78 is 78.8. The Labute approximate surface area is 460 Å². The van der Waals surface area contributed by atoms with Gasteiger partial charge in [0.05, 0.1) is 10.5 Å². The van der Waals surface area contributed by atoms with E-state index in [9.17, 15) is 41.6 Å². The maximum atomic E-state index is 14.1. The number of carbonyl (C=O) groups excluding carboxylic acids is 5. The Morgan fingerprint density at radius 1 is 0.646 bits per heavy atom. The average molecular weight is 1120 g/mol. The number of ether oxygens (including phenoxy) is 5. The largest absolute Gasteiger partial charge is 0.491 e. The number of halogens is 1. The van der Waals surface area contributed by atoms with Gasteiger partial charge in [-0.25, -0.2) is 23.6 Å². The van der Waals surface area contributed by atoms with Gasteiger partial charge in [0.15, 0.2) is 5.43 Å². The lowest BCUT2D eigenvalue weighted by Gasteiger charge is -2.35. The second-order valence-electron chi connectivity index (χ2n) is 21.8. The van der Waals surface area contributed by atoms with Crippen molar-refractivity contribution in [3.05, 3.63) is 106 Å². The molecular formula is C57H72FN5O15S. The van der Waals surface area contributed by atoms with E-state index in [-0.39, 0.29) is 123 Å². The lowest BCUT2D eigenvalue weighted by Crippen LogP contribution is -2.51. The molecule has 3 aliphatic rings. The highest BCUT2D eigenvalue weighted by Gasteiger charge is 2.31. The summed E-state index contributed by atoms with van der Waals surface area (Å²) in [5.74, 6) is -1.08. The normalized spacial score (nSPS) is 14.5. The number of hydrogen-bond acceptors (Lipinski definition) is 16. The van der Waals surface area contributed by atoms with Crippen LogP contribution in [0, 0.1) is 6.92 Å². The van der Waals surface area contributed by atoms with Crippen molar-refractivity contribution in [1.29, 1.82) is 0 Å². The Balaban J connectivity index is 1.25. The zero-order valence-corrected chi connectivity index (χ0v) is 47.4. The fraction of sp³-hybridized carbons (Fsp3) is 0.474. The molecule has 3 aromatic rings. The van der Waals surface area contributed by atoms with E-state index < -0.39 is 70.4 Å². The molecular weight excluding hydrogens is 1050 g/mol. The van der Waals surface area contributed by atoms with Gasteiger partial charge in [-0.2, -0.15) is 8.42 Å². The summed E-state index contributed by atoms with van der Waals surface area (Å²) in [5, 5.41) is 3.37. The minimum absolute atomic E-state index is 0.00116. The number of nitrogens with one attached hydrogen (secondary N) is 1. The standard InChI is InChI=1S/C57H72FN5O15S/c1-38-11-16-42(17-12-38)79(70,71)74-34-33-72-41-15-20-45-48(37-41)75-47-36-40(64)14-19-44(47)49(45)43-18-13-39(35-46(43)51(66)73-32-21-58)50(65)59-22-23-60-24-26-61(52(67)76-55(2,3)4)28-30-63(54(69)78-57(8,9)10)31-29-62(27-25-60)53(68)77-56(5,6)7/h11-20,35-37H,21-34H2,1-10H3,(H,59,65). The summed E-state index contributed by atoms with van der Waals surface area (Å²) in [6, 6.07) is 19.6. The molecule has 0 spiro atoms. The fourth-order valence-electron chi connectivity index (χ4n) is 8.22. The number of alkyl halides is 1. The molecule has 0 radical (unpaired) electrons. The van der Waals surface area contributed by atoms with Gasteiger partial charge in [-0.3, -0.25) is 18.7 Å². The molecule has 0 unspecified atom stereocenters. The van der Waals surface area contributed by atoms with Gasteiger partial charge in [0, 0.05) is 99.7 Å². The van der Waals surface area contributed by atoms with E-state index in [0.29, 0.717) is 16.5 Å². The summed E-state index contributed by atoms with van der Waals surface area (Å²) in [5.41, 5.74) is -0.621. The van der Waals surface area contributed by atoms with Gasteiger partial charge in [-0.15, -0.1) is 0 Å². The van der Waals surface area contributed by atoms with Crippen LogP contribution in [0.2, 0.25) is 0 Å². The SMILES string of the molecule is Cc1ccc(S(=O)(=O)OCCOc2ccc3c(-c4ccc(C(=O)NCCN5CCN(C(=O)OC(C)(C)C)CCN(C(=O)OC(C)(C)C)CCN(C(=O)OC(C)(C)C)CC5)cc4C(=O)OCCF)c4ccc(=O)cc-4oc3c2)cc1. The lowest BCUT2D eigenvalue weighted by molar-refractivity contribution is 0.00476. The number of fused-ring (bicyclic) bond motifs is 2. The van der Waals surface area contributed by atoms with Crippen molar-refractivity contribution in [2.45, 2.75) is 90.9 Å². The number of benzene rings is 4. The molecule has 0 aromatic heterocycles. The highest BCUT2D eigenvalue weighted by molar-refractivity contribution is 7.86. The van der Waals surface area contributed by atoms with E-state index >= 15 is 0 Å². The molecule has 0 bridgehead atoms. The first-order chi connectivity index (χ1) is 37.1. The molecule has 3 aromatic carbocycles. The van der Waals surface area contributed by atoms with Crippen LogP contribution in [0.15, 0.2) is 93.0 Å². The molecule has 1 fully saturated rings. The van der Waals surface area contributed by atoms with E-state index in [1.807, 2.05) is 11.8 Å². The van der Waals surface area contributed by atoms with Crippen LogP contribution in [0.5, 0.6) is 5.75 Å². The van der Waals surface area contributed by atoms with Crippen molar-refractivity contribution in [1.82, 2.24) is 24.9 Å². The molecule has 20 nitrogen and oxygen atoms in total. The van der Waals surface area contributed by atoms with Crippen LogP contribution in [-0.2, 0) is 33.2 Å². The zero-order chi connectivity index (χ0) is 57.9. The first-order valence-corrected chi connectivity index (χ1v) is 27.4. The van der Waals surface area contributed by atoms with Gasteiger partial charge in [0.2, 0.25) is 0 Å². The van der Waals surface area contributed by atoms with Crippen LogP contribution < -0.4 is 15.5 Å². The van der Waals surface area contributed by atoms with Gasteiger partial charge in [0.25, 0.3) is 16.0 Å². The number of hydrogen-bond donors (Lipinski definition) is 1. The van der Waals surface area contributed by atoms with Crippen molar-refractivity contribution >= 4 is 51.2 Å². The Kier molecular flexibility index (Phi) is 20.1. The van der Waals surface area contributed by atoms with Crippen molar-refractivity contribution in [2.75, 3.05) is 91.9 Å². The minimum Gasteiger partial charge on any atom is -0.491 e. The third-order valence-corrected chi connectivity index (χ3v) is 13.3. The van der Waals surface area contributed by atoms with E-state index in [2.05, 4.69) is 5.32 Å². The van der Waals surface area contributed by atoms with Gasteiger partial charge < -0.3 is 48.1 Å². The first-order valence-electron chi connectivity index (χ1n) is 26.0. The Bertz CT molecular complexity index is 3070. The second kappa shape index (κ2) is 26.1. The molecule has 0 atom stereocenters. The number of nitrogens with zero attached hydrogens (tertiary/aromatic N) is 4.